The molecule has 0 aliphatic carbocycles. The average molecular weight is 370 g/mol. The summed E-state index contributed by atoms with van der Waals surface area (Å²) in [5, 5.41) is 0. The van der Waals surface area contributed by atoms with Crippen LogP contribution in [0.1, 0.15) is 16.8 Å². The van der Waals surface area contributed by atoms with Crippen LogP contribution in [0, 0.1) is 0 Å². The van der Waals surface area contributed by atoms with Gasteiger partial charge in [-0.2, -0.15) is 0 Å². The van der Waals surface area contributed by atoms with Crippen molar-refractivity contribution in [2.75, 3.05) is 51.3 Å². The van der Waals surface area contributed by atoms with Crippen LogP contribution in [0.4, 0.5) is 5.69 Å². The van der Waals surface area contributed by atoms with E-state index in [9.17, 15) is 4.79 Å². The van der Waals surface area contributed by atoms with E-state index in [2.05, 4.69) is 9.88 Å². The van der Waals surface area contributed by atoms with Crippen LogP contribution in [-0.2, 0) is 0 Å². The number of nitrogens with zero attached hydrogens (tertiary/aromatic N) is 3. The molecule has 2 aromatic rings. The fraction of sp³-hybridized carbons (Fsp3) is 0.400. The second-order valence-corrected chi connectivity index (χ2v) is 6.35. The number of carbonyl (C=O) groups excluding carboxylic acids is 1. The molecule has 2 N–H and O–H groups in total. The van der Waals surface area contributed by atoms with Gasteiger partial charge in [0.1, 0.15) is 0 Å². The molecule has 1 aromatic carbocycles. The van der Waals surface area contributed by atoms with E-state index in [1.165, 1.54) is 0 Å². The summed E-state index contributed by atoms with van der Waals surface area (Å²) in [6.07, 6.45) is 4.36. The summed E-state index contributed by atoms with van der Waals surface area (Å²) in [6, 6.07) is 9.28. The first kappa shape index (κ1) is 19.0. The Morgan fingerprint density at radius 2 is 2.00 bits per heavy atom. The largest absolute Gasteiger partial charge is 0.493 e. The summed E-state index contributed by atoms with van der Waals surface area (Å²) >= 11 is 0. The van der Waals surface area contributed by atoms with Gasteiger partial charge in [0.15, 0.2) is 11.5 Å². The van der Waals surface area contributed by atoms with Crippen LogP contribution in [0.5, 0.6) is 11.5 Å². The van der Waals surface area contributed by atoms with Crippen LogP contribution >= 0.6 is 0 Å². The molecule has 0 radical (unpaired) electrons. The first-order valence-corrected chi connectivity index (χ1v) is 9.18. The number of benzene rings is 1. The lowest BCUT2D eigenvalue weighted by Crippen LogP contribution is -2.48. The van der Waals surface area contributed by atoms with Crippen molar-refractivity contribution >= 4 is 11.6 Å². The minimum Gasteiger partial charge on any atom is -0.493 e. The minimum absolute atomic E-state index is 0.00663. The number of amides is 1. The number of aromatic nitrogens is 1. The lowest BCUT2D eigenvalue weighted by atomic mass is 10.1. The lowest BCUT2D eigenvalue weighted by Gasteiger charge is -2.36. The zero-order valence-corrected chi connectivity index (χ0v) is 15.6. The van der Waals surface area contributed by atoms with Crippen molar-refractivity contribution < 1.29 is 14.3 Å². The van der Waals surface area contributed by atoms with Gasteiger partial charge in [-0.25, -0.2) is 0 Å². The average Bonchev–Trinajstić information content (AvgIpc) is 2.74. The third-order valence-corrected chi connectivity index (χ3v) is 4.59. The highest BCUT2D eigenvalue weighted by atomic mass is 16.5. The van der Waals surface area contributed by atoms with Gasteiger partial charge >= 0.3 is 0 Å². The fourth-order valence-electron chi connectivity index (χ4n) is 3.08. The molecule has 1 aliphatic rings. The topological polar surface area (TPSA) is 80.9 Å². The van der Waals surface area contributed by atoms with Crippen molar-refractivity contribution in [1.29, 1.82) is 0 Å². The molecule has 1 aliphatic heterocycles. The van der Waals surface area contributed by atoms with E-state index >= 15 is 0 Å². The Bertz CT molecular complexity index is 746. The van der Waals surface area contributed by atoms with Gasteiger partial charge in [-0.1, -0.05) is 0 Å². The van der Waals surface area contributed by atoms with Crippen LogP contribution in [0.3, 0.4) is 0 Å². The van der Waals surface area contributed by atoms with Gasteiger partial charge in [0, 0.05) is 37.9 Å². The second-order valence-electron chi connectivity index (χ2n) is 6.35. The molecule has 27 heavy (non-hydrogen) atoms. The molecule has 0 bridgehead atoms. The van der Waals surface area contributed by atoms with E-state index in [0.29, 0.717) is 43.3 Å². The zero-order valence-electron chi connectivity index (χ0n) is 15.6. The van der Waals surface area contributed by atoms with Crippen molar-refractivity contribution in [1.82, 2.24) is 9.88 Å². The minimum atomic E-state index is 0.00663. The number of methoxy groups -OCH3 is 1. The molecule has 1 amide bonds. The van der Waals surface area contributed by atoms with Crippen molar-refractivity contribution in [2.45, 2.75) is 6.42 Å². The summed E-state index contributed by atoms with van der Waals surface area (Å²) < 4.78 is 11.1. The number of nitrogens with two attached hydrogens (primary N) is 1. The molecular weight excluding hydrogens is 344 g/mol. The number of piperazine rings is 1. The smallest absolute Gasteiger partial charge is 0.254 e. The molecule has 1 fully saturated rings. The summed E-state index contributed by atoms with van der Waals surface area (Å²) in [5.41, 5.74) is 7.20. The number of ether oxygens (including phenoxy) is 2. The first-order chi connectivity index (χ1) is 13.2. The maximum absolute atomic E-state index is 12.9. The van der Waals surface area contributed by atoms with Gasteiger partial charge in [-0.15, -0.1) is 0 Å². The molecule has 3 rings (SSSR count). The molecule has 0 atom stereocenters. The van der Waals surface area contributed by atoms with Gasteiger partial charge in [0.05, 0.1) is 25.6 Å². The monoisotopic (exact) mass is 370 g/mol. The molecule has 7 nitrogen and oxygen atoms in total. The molecule has 0 unspecified atom stereocenters. The van der Waals surface area contributed by atoms with E-state index in [1.54, 1.807) is 31.5 Å². The standard InChI is InChI=1S/C20H26N4O3/c1-26-18-6-5-16(14-19(18)27-13-3-7-21)20(25)24-11-9-23(10-12-24)17-4-2-8-22-15-17/h2,4-6,8,14-15H,3,7,9-13,21H2,1H3. The first-order valence-electron chi connectivity index (χ1n) is 9.18. The SMILES string of the molecule is COc1ccc(C(=O)N2CCN(c3cccnc3)CC2)cc1OCCCN. The zero-order chi connectivity index (χ0) is 19.1. The van der Waals surface area contributed by atoms with Gasteiger partial charge < -0.3 is 25.0 Å². The lowest BCUT2D eigenvalue weighted by molar-refractivity contribution is 0.0746. The van der Waals surface area contributed by atoms with Crippen LogP contribution in [0.15, 0.2) is 42.7 Å². The van der Waals surface area contributed by atoms with Crippen LogP contribution in [0.25, 0.3) is 0 Å². The highest BCUT2D eigenvalue weighted by molar-refractivity contribution is 5.95. The molecule has 1 saturated heterocycles. The maximum Gasteiger partial charge on any atom is 0.254 e. The van der Waals surface area contributed by atoms with Crippen molar-refractivity contribution in [2.24, 2.45) is 5.73 Å². The third-order valence-electron chi connectivity index (χ3n) is 4.59. The van der Waals surface area contributed by atoms with E-state index in [-0.39, 0.29) is 5.91 Å². The summed E-state index contributed by atoms with van der Waals surface area (Å²) in [6.45, 7) is 3.96. The highest BCUT2D eigenvalue weighted by Gasteiger charge is 2.23. The Morgan fingerprint density at radius 3 is 2.67 bits per heavy atom. The quantitative estimate of drug-likeness (QED) is 0.749. The molecule has 144 valence electrons. The summed E-state index contributed by atoms with van der Waals surface area (Å²) in [5.74, 6) is 1.20. The van der Waals surface area contributed by atoms with E-state index < -0.39 is 0 Å². The van der Waals surface area contributed by atoms with Gasteiger partial charge in [0.2, 0.25) is 0 Å². The molecule has 7 heteroatoms. The third kappa shape index (κ3) is 4.68. The molecule has 0 saturated carbocycles. The van der Waals surface area contributed by atoms with Gasteiger partial charge in [-0.3, -0.25) is 9.78 Å². The number of hydrogen-bond acceptors (Lipinski definition) is 6. The van der Waals surface area contributed by atoms with Crippen molar-refractivity contribution in [3.05, 3.63) is 48.3 Å². The molecule has 1 aromatic heterocycles. The normalized spacial score (nSPS) is 14.1. The van der Waals surface area contributed by atoms with Crippen LogP contribution < -0.4 is 20.1 Å². The molecule has 2 heterocycles. The molecule has 0 spiro atoms. The second kappa shape index (κ2) is 9.23. The predicted octanol–water partition coefficient (Wildman–Crippen LogP) is 1.78. The van der Waals surface area contributed by atoms with Crippen molar-refractivity contribution in [3.8, 4) is 11.5 Å². The van der Waals surface area contributed by atoms with E-state index in [4.69, 9.17) is 15.2 Å². The van der Waals surface area contributed by atoms with E-state index in [0.717, 1.165) is 25.2 Å². The number of anilines is 1. The number of carbonyl (C=O) groups is 1. The Hall–Kier alpha value is -2.80. The Balaban J connectivity index is 1.64. The van der Waals surface area contributed by atoms with Gasteiger partial charge in [-0.05, 0) is 43.3 Å². The number of pyridine rings is 1. The Labute approximate surface area is 159 Å². The Morgan fingerprint density at radius 1 is 1.19 bits per heavy atom. The maximum atomic E-state index is 12.9. The summed E-state index contributed by atoms with van der Waals surface area (Å²) in [4.78, 5) is 21.2. The number of rotatable bonds is 7. The van der Waals surface area contributed by atoms with Crippen molar-refractivity contribution in [3.63, 3.8) is 0 Å². The summed E-state index contributed by atoms with van der Waals surface area (Å²) in [7, 11) is 1.59. The van der Waals surface area contributed by atoms with Crippen LogP contribution in [-0.4, -0.2) is 62.2 Å². The predicted molar refractivity (Wildman–Crippen MR) is 105 cm³/mol. The number of hydrogen-bond donors (Lipinski definition) is 1. The van der Waals surface area contributed by atoms with E-state index in [1.807, 2.05) is 23.2 Å². The highest BCUT2D eigenvalue weighted by Crippen LogP contribution is 2.29. The van der Waals surface area contributed by atoms with Gasteiger partial charge in [0.25, 0.3) is 5.91 Å². The fourth-order valence-corrected chi connectivity index (χ4v) is 3.08. The van der Waals surface area contributed by atoms with Crippen LogP contribution in [0.2, 0.25) is 0 Å². The molecular formula is C20H26N4O3. The Kier molecular flexibility index (Phi) is 6.49.